The number of aliphatic imine (C=N–C) groups is 1. The van der Waals surface area contributed by atoms with Crippen molar-refractivity contribution in [1.82, 2.24) is 5.32 Å². The van der Waals surface area contributed by atoms with Crippen molar-refractivity contribution >= 4 is 6.21 Å². The van der Waals surface area contributed by atoms with Crippen LogP contribution in [0.15, 0.2) is 28.5 Å². The smallest absolute Gasteiger partial charge is 0.0424 e. The van der Waals surface area contributed by atoms with Gasteiger partial charge in [0.1, 0.15) is 0 Å². The number of hydrogen-bond acceptors (Lipinski definition) is 2. The molecule has 1 aliphatic rings. The predicted octanol–water partition coefficient (Wildman–Crippen LogP) is 1.86. The first-order valence-electron chi connectivity index (χ1n) is 3.89. The average molecular weight is 150 g/mol. The van der Waals surface area contributed by atoms with Gasteiger partial charge in [0.05, 0.1) is 0 Å². The van der Waals surface area contributed by atoms with Crippen molar-refractivity contribution in [3.05, 3.63) is 23.5 Å². The highest BCUT2D eigenvalue weighted by molar-refractivity contribution is 5.72. The Labute approximate surface area is 67.7 Å². The average Bonchev–Trinajstić information content (AvgIpc) is 2.02. The fraction of sp³-hybridized carbons (Fsp3) is 0.444. The van der Waals surface area contributed by atoms with Crippen LogP contribution in [0.2, 0.25) is 0 Å². The minimum atomic E-state index is 0.892. The van der Waals surface area contributed by atoms with Crippen molar-refractivity contribution in [1.29, 1.82) is 0 Å². The zero-order valence-electron chi connectivity index (χ0n) is 7.09. The Morgan fingerprint density at radius 2 is 2.18 bits per heavy atom. The summed E-state index contributed by atoms with van der Waals surface area (Å²) in [4.78, 5) is 4.19. The van der Waals surface area contributed by atoms with E-state index in [1.807, 2.05) is 19.2 Å². The van der Waals surface area contributed by atoms with E-state index in [4.69, 9.17) is 0 Å². The van der Waals surface area contributed by atoms with E-state index < -0.39 is 0 Å². The molecular weight excluding hydrogens is 136 g/mol. The van der Waals surface area contributed by atoms with Gasteiger partial charge in [-0.2, -0.15) is 0 Å². The van der Waals surface area contributed by atoms with E-state index in [0.29, 0.717) is 0 Å². The minimum absolute atomic E-state index is 0.892. The molecule has 0 aromatic carbocycles. The summed E-state index contributed by atoms with van der Waals surface area (Å²) < 4.78 is 0. The molecule has 2 nitrogen and oxygen atoms in total. The molecule has 0 aromatic heterocycles. The van der Waals surface area contributed by atoms with Gasteiger partial charge in [-0.05, 0) is 26.3 Å². The Kier molecular flexibility index (Phi) is 2.90. The first-order chi connectivity index (χ1) is 5.29. The van der Waals surface area contributed by atoms with Gasteiger partial charge in [0.2, 0.25) is 0 Å². The van der Waals surface area contributed by atoms with Crippen LogP contribution in [-0.2, 0) is 0 Å². The Hall–Kier alpha value is -1.05. The molecule has 0 saturated heterocycles. The number of hydrogen-bond donors (Lipinski definition) is 1. The van der Waals surface area contributed by atoms with E-state index in [2.05, 4.69) is 23.3 Å². The summed E-state index contributed by atoms with van der Waals surface area (Å²) in [5, 5.41) is 3.25. The standard InChI is InChI=1S/C9H14N2/c1-8-4-3-6-10-7-5-9(2)11-8/h4-5,7,11H,3,6H2,1-2H3/b8-4+,9-5-,10-7?. The van der Waals surface area contributed by atoms with Crippen LogP contribution in [0, 0.1) is 0 Å². The lowest BCUT2D eigenvalue weighted by Crippen LogP contribution is -2.07. The molecular formula is C9H14N2. The van der Waals surface area contributed by atoms with Crippen LogP contribution < -0.4 is 5.32 Å². The molecule has 0 radical (unpaired) electrons. The molecule has 0 aromatic rings. The minimum Gasteiger partial charge on any atom is -0.363 e. The van der Waals surface area contributed by atoms with E-state index in [0.717, 1.165) is 18.7 Å². The zero-order valence-corrected chi connectivity index (χ0v) is 7.09. The molecule has 2 heteroatoms. The zero-order chi connectivity index (χ0) is 8.10. The van der Waals surface area contributed by atoms with Crippen molar-refractivity contribution in [2.45, 2.75) is 20.3 Å². The van der Waals surface area contributed by atoms with Crippen molar-refractivity contribution in [2.24, 2.45) is 4.99 Å². The SMILES string of the molecule is C/C1=C/C=NCC/C=C(\C)N1. The van der Waals surface area contributed by atoms with Gasteiger partial charge in [-0.25, -0.2) is 0 Å². The number of nitrogens with zero attached hydrogens (tertiary/aromatic N) is 1. The van der Waals surface area contributed by atoms with Crippen LogP contribution in [0.5, 0.6) is 0 Å². The molecule has 0 amide bonds. The normalized spacial score (nSPS) is 28.2. The van der Waals surface area contributed by atoms with E-state index in [1.165, 1.54) is 5.70 Å². The Balaban J connectivity index is 2.68. The second-order valence-corrected chi connectivity index (χ2v) is 2.71. The first-order valence-corrected chi connectivity index (χ1v) is 3.89. The molecule has 1 rings (SSSR count). The summed E-state index contributed by atoms with van der Waals surface area (Å²) in [6, 6.07) is 0. The second kappa shape index (κ2) is 3.96. The van der Waals surface area contributed by atoms with Crippen molar-refractivity contribution in [3.63, 3.8) is 0 Å². The second-order valence-electron chi connectivity index (χ2n) is 2.71. The molecule has 0 saturated carbocycles. The maximum atomic E-state index is 4.19. The summed E-state index contributed by atoms with van der Waals surface area (Å²) in [7, 11) is 0. The van der Waals surface area contributed by atoms with Crippen LogP contribution in [0.1, 0.15) is 20.3 Å². The largest absolute Gasteiger partial charge is 0.363 e. The molecule has 0 aliphatic carbocycles. The summed E-state index contributed by atoms with van der Waals surface area (Å²) in [6.45, 7) is 5.00. The highest BCUT2D eigenvalue weighted by Gasteiger charge is 1.90. The van der Waals surface area contributed by atoms with Gasteiger partial charge < -0.3 is 5.32 Å². The van der Waals surface area contributed by atoms with Crippen LogP contribution in [0.4, 0.5) is 0 Å². The quantitative estimate of drug-likeness (QED) is 0.560. The summed E-state index contributed by atoms with van der Waals surface area (Å²) in [6.07, 6.45) is 7.04. The van der Waals surface area contributed by atoms with Crippen molar-refractivity contribution in [2.75, 3.05) is 6.54 Å². The number of nitrogens with one attached hydrogen (secondary N) is 1. The van der Waals surface area contributed by atoms with Gasteiger partial charge in [-0.1, -0.05) is 6.08 Å². The molecule has 1 N–H and O–H groups in total. The highest BCUT2D eigenvalue weighted by atomic mass is 14.9. The molecule has 0 atom stereocenters. The number of allylic oxidation sites excluding steroid dienone is 3. The third-order valence-corrected chi connectivity index (χ3v) is 1.53. The maximum absolute atomic E-state index is 4.19. The Morgan fingerprint density at radius 1 is 1.36 bits per heavy atom. The molecule has 0 fully saturated rings. The van der Waals surface area contributed by atoms with Gasteiger partial charge in [0, 0.05) is 24.2 Å². The van der Waals surface area contributed by atoms with Gasteiger partial charge in [-0.3, -0.25) is 4.99 Å². The topological polar surface area (TPSA) is 24.4 Å². The first kappa shape index (κ1) is 8.05. The third-order valence-electron chi connectivity index (χ3n) is 1.53. The maximum Gasteiger partial charge on any atom is 0.0424 e. The van der Waals surface area contributed by atoms with Crippen molar-refractivity contribution in [3.8, 4) is 0 Å². The molecule has 0 bridgehead atoms. The van der Waals surface area contributed by atoms with E-state index in [-0.39, 0.29) is 0 Å². The van der Waals surface area contributed by atoms with Gasteiger partial charge in [0.15, 0.2) is 0 Å². The third kappa shape index (κ3) is 3.03. The van der Waals surface area contributed by atoms with Crippen LogP contribution in [0.3, 0.4) is 0 Å². The molecule has 0 spiro atoms. The molecule has 11 heavy (non-hydrogen) atoms. The van der Waals surface area contributed by atoms with E-state index in [1.54, 1.807) is 0 Å². The number of rotatable bonds is 0. The fourth-order valence-electron chi connectivity index (χ4n) is 0.998. The van der Waals surface area contributed by atoms with Crippen LogP contribution in [-0.4, -0.2) is 12.8 Å². The van der Waals surface area contributed by atoms with Gasteiger partial charge in [-0.15, -0.1) is 0 Å². The summed E-state index contributed by atoms with van der Waals surface area (Å²) in [5.74, 6) is 0. The predicted molar refractivity (Wildman–Crippen MR) is 48.6 cm³/mol. The van der Waals surface area contributed by atoms with Crippen LogP contribution in [0.25, 0.3) is 0 Å². The molecule has 1 aliphatic heterocycles. The molecule has 60 valence electrons. The van der Waals surface area contributed by atoms with E-state index >= 15 is 0 Å². The summed E-state index contributed by atoms with van der Waals surface area (Å²) >= 11 is 0. The highest BCUT2D eigenvalue weighted by Crippen LogP contribution is 1.97. The lowest BCUT2D eigenvalue weighted by atomic mass is 10.3. The molecule has 0 unspecified atom stereocenters. The van der Waals surface area contributed by atoms with Crippen LogP contribution >= 0.6 is 0 Å². The van der Waals surface area contributed by atoms with Gasteiger partial charge in [0.25, 0.3) is 0 Å². The van der Waals surface area contributed by atoms with Crippen molar-refractivity contribution < 1.29 is 0 Å². The van der Waals surface area contributed by atoms with Gasteiger partial charge >= 0.3 is 0 Å². The molecule has 1 heterocycles. The lowest BCUT2D eigenvalue weighted by molar-refractivity contribution is 0.935. The fourth-order valence-corrected chi connectivity index (χ4v) is 0.998. The Morgan fingerprint density at radius 3 is 3.00 bits per heavy atom. The monoisotopic (exact) mass is 150 g/mol. The lowest BCUT2D eigenvalue weighted by Gasteiger charge is -2.03. The Bertz CT molecular complexity index is 212. The van der Waals surface area contributed by atoms with E-state index in [9.17, 15) is 0 Å². The summed E-state index contributed by atoms with van der Waals surface area (Å²) in [5.41, 5.74) is 2.36.